The second kappa shape index (κ2) is 9.59. The molecule has 182 valence electrons. The second-order valence-electron chi connectivity index (χ2n) is 7.68. The predicted molar refractivity (Wildman–Crippen MR) is 123 cm³/mol. The molecule has 0 atom stereocenters. The van der Waals surface area contributed by atoms with Crippen molar-refractivity contribution in [1.82, 2.24) is 14.1 Å². The van der Waals surface area contributed by atoms with Crippen molar-refractivity contribution in [3.05, 3.63) is 71.0 Å². The number of hydrogen-bond donors (Lipinski definition) is 1. The van der Waals surface area contributed by atoms with E-state index < -0.39 is 33.4 Å². The Labute approximate surface area is 196 Å². The van der Waals surface area contributed by atoms with Gasteiger partial charge in [-0.3, -0.25) is 4.79 Å². The van der Waals surface area contributed by atoms with Crippen molar-refractivity contribution in [3.8, 4) is 5.69 Å². The number of halogens is 3. The Bertz CT molecular complexity index is 1300. The number of amides is 1. The van der Waals surface area contributed by atoms with Crippen molar-refractivity contribution in [2.24, 2.45) is 0 Å². The lowest BCUT2D eigenvalue weighted by atomic mass is 10.2. The minimum Gasteiger partial charge on any atom is -0.322 e. The number of nitrogens with one attached hydrogen (secondary N) is 1. The van der Waals surface area contributed by atoms with Crippen LogP contribution >= 0.6 is 0 Å². The summed E-state index contributed by atoms with van der Waals surface area (Å²) in [6, 6.07) is 10.4. The van der Waals surface area contributed by atoms with Crippen molar-refractivity contribution in [2.75, 3.05) is 18.4 Å². The third-order valence-electron chi connectivity index (χ3n) is 5.33. The Morgan fingerprint density at radius 3 is 2.24 bits per heavy atom. The maximum absolute atomic E-state index is 13.9. The molecule has 0 aliphatic heterocycles. The molecule has 0 aliphatic carbocycles. The topological polar surface area (TPSA) is 84.3 Å². The predicted octanol–water partition coefficient (Wildman–Crippen LogP) is 4.79. The molecule has 0 bridgehead atoms. The van der Waals surface area contributed by atoms with Gasteiger partial charge < -0.3 is 5.32 Å². The van der Waals surface area contributed by atoms with Crippen molar-refractivity contribution in [2.45, 2.75) is 38.8 Å². The fourth-order valence-corrected chi connectivity index (χ4v) is 5.23. The molecular formula is C23H25F3N4O3S. The largest absolute Gasteiger partial charge is 0.434 e. The molecule has 0 saturated heterocycles. The van der Waals surface area contributed by atoms with Crippen LogP contribution < -0.4 is 5.32 Å². The summed E-state index contributed by atoms with van der Waals surface area (Å²) in [7, 11) is -3.84. The van der Waals surface area contributed by atoms with Gasteiger partial charge in [-0.2, -0.15) is 22.6 Å². The molecule has 1 aromatic heterocycles. The summed E-state index contributed by atoms with van der Waals surface area (Å²) in [6.45, 7) is 7.31. The normalized spacial score (nSPS) is 12.2. The van der Waals surface area contributed by atoms with E-state index in [1.54, 1.807) is 39.8 Å². The molecule has 0 saturated carbocycles. The number of nitrogens with zero attached hydrogens (tertiary/aromatic N) is 3. The van der Waals surface area contributed by atoms with Crippen molar-refractivity contribution < 1.29 is 26.4 Å². The van der Waals surface area contributed by atoms with Crippen molar-refractivity contribution in [1.29, 1.82) is 0 Å². The highest BCUT2D eigenvalue weighted by molar-refractivity contribution is 7.89. The highest BCUT2D eigenvalue weighted by Gasteiger charge is 2.40. The zero-order valence-corrected chi connectivity index (χ0v) is 20.0. The number of aryl methyl sites for hydroxylation is 2. The van der Waals surface area contributed by atoms with Crippen LogP contribution in [0.1, 0.15) is 41.0 Å². The molecule has 0 unspecified atom stereocenters. The van der Waals surface area contributed by atoms with E-state index in [2.05, 4.69) is 10.4 Å². The molecule has 11 heteroatoms. The minimum absolute atomic E-state index is 0.0274. The number of benzene rings is 2. The highest BCUT2D eigenvalue weighted by Crippen LogP contribution is 2.34. The first-order valence-corrected chi connectivity index (χ1v) is 12.0. The molecule has 7 nitrogen and oxygen atoms in total. The van der Waals surface area contributed by atoms with E-state index >= 15 is 0 Å². The van der Waals surface area contributed by atoms with Gasteiger partial charge in [0, 0.05) is 18.8 Å². The number of rotatable bonds is 7. The highest BCUT2D eigenvalue weighted by atomic mass is 32.2. The van der Waals surface area contributed by atoms with Gasteiger partial charge in [-0.15, -0.1) is 0 Å². The standard InChI is InChI=1S/C23H25F3N4O3S/c1-5-29(6-2)34(32,33)20-13-17(10-9-16(20)4)28-22(31)19-14-27-30(21(19)23(24,25)26)18-11-7-15(3)8-12-18/h7-14H,5-6H2,1-4H3,(H,28,31). The summed E-state index contributed by atoms with van der Waals surface area (Å²) in [5.41, 5.74) is -0.387. The molecule has 0 fully saturated rings. The van der Waals surface area contributed by atoms with E-state index in [9.17, 15) is 26.4 Å². The first-order chi connectivity index (χ1) is 15.9. The maximum Gasteiger partial charge on any atom is 0.434 e. The van der Waals surface area contributed by atoms with Crippen LogP contribution in [0.5, 0.6) is 0 Å². The average molecular weight is 495 g/mol. The third-order valence-corrected chi connectivity index (χ3v) is 7.52. The van der Waals surface area contributed by atoms with Crippen LogP contribution in [0.15, 0.2) is 53.6 Å². The molecule has 1 N–H and O–H groups in total. The average Bonchev–Trinajstić information content (AvgIpc) is 3.22. The van der Waals surface area contributed by atoms with Gasteiger partial charge in [0.25, 0.3) is 5.91 Å². The van der Waals surface area contributed by atoms with Crippen molar-refractivity contribution in [3.63, 3.8) is 0 Å². The molecular weight excluding hydrogens is 469 g/mol. The van der Waals surface area contributed by atoms with E-state index in [4.69, 9.17) is 0 Å². The van der Waals surface area contributed by atoms with E-state index in [0.717, 1.165) is 11.8 Å². The molecule has 3 aromatic rings. The quantitative estimate of drug-likeness (QED) is 0.512. The number of hydrogen-bond acceptors (Lipinski definition) is 4. The second-order valence-corrected chi connectivity index (χ2v) is 9.58. The van der Waals surface area contributed by atoms with Gasteiger partial charge in [-0.05, 0) is 43.7 Å². The monoisotopic (exact) mass is 494 g/mol. The number of carbonyl (C=O) groups excluding carboxylic acids is 1. The zero-order chi connectivity index (χ0) is 25.3. The third kappa shape index (κ3) is 5.00. The number of alkyl halides is 3. The van der Waals surface area contributed by atoms with E-state index in [1.165, 1.54) is 34.6 Å². The Hall–Kier alpha value is -3.18. The van der Waals surface area contributed by atoms with Crippen LogP contribution in [0.3, 0.4) is 0 Å². The van der Waals surface area contributed by atoms with Crippen LogP contribution in [0.4, 0.5) is 18.9 Å². The van der Waals surface area contributed by atoms with Crippen LogP contribution in [0.25, 0.3) is 5.69 Å². The molecule has 34 heavy (non-hydrogen) atoms. The van der Waals surface area contributed by atoms with Crippen molar-refractivity contribution >= 4 is 21.6 Å². The van der Waals surface area contributed by atoms with Crippen LogP contribution in [0.2, 0.25) is 0 Å². The zero-order valence-electron chi connectivity index (χ0n) is 19.1. The van der Waals surface area contributed by atoms with E-state index in [-0.39, 0.29) is 29.4 Å². The summed E-state index contributed by atoms with van der Waals surface area (Å²) < 4.78 is 69.6. The Morgan fingerprint density at radius 1 is 1.06 bits per heavy atom. The number of aromatic nitrogens is 2. The SMILES string of the molecule is CCN(CC)S(=O)(=O)c1cc(NC(=O)c2cnn(-c3ccc(C)cc3)c2C(F)(F)F)ccc1C. The molecule has 1 amide bonds. The first kappa shape index (κ1) is 25.4. The molecule has 2 aromatic carbocycles. The Balaban J connectivity index is 2.00. The maximum atomic E-state index is 13.9. The Morgan fingerprint density at radius 2 is 1.68 bits per heavy atom. The molecule has 0 aliphatic rings. The molecule has 1 heterocycles. The summed E-state index contributed by atoms with van der Waals surface area (Å²) in [5, 5.41) is 6.18. The lowest BCUT2D eigenvalue weighted by Gasteiger charge is -2.20. The lowest BCUT2D eigenvalue weighted by Crippen LogP contribution is -2.31. The number of carbonyl (C=O) groups is 1. The van der Waals surface area contributed by atoms with Gasteiger partial charge in [0.15, 0.2) is 5.69 Å². The fraction of sp³-hybridized carbons (Fsp3) is 0.304. The van der Waals surface area contributed by atoms with Gasteiger partial charge in [0.1, 0.15) is 0 Å². The van der Waals surface area contributed by atoms with Gasteiger partial charge in [-0.25, -0.2) is 13.1 Å². The van der Waals surface area contributed by atoms with Gasteiger partial charge in [0.2, 0.25) is 10.0 Å². The number of sulfonamides is 1. The van der Waals surface area contributed by atoms with Crippen LogP contribution in [-0.4, -0.2) is 41.5 Å². The summed E-state index contributed by atoms with van der Waals surface area (Å²) >= 11 is 0. The minimum atomic E-state index is -4.86. The first-order valence-electron chi connectivity index (χ1n) is 10.5. The van der Waals surface area contributed by atoms with Gasteiger partial charge >= 0.3 is 6.18 Å². The fourth-order valence-electron chi connectivity index (χ4n) is 3.53. The summed E-state index contributed by atoms with van der Waals surface area (Å²) in [5.74, 6) is -1.05. The van der Waals surface area contributed by atoms with Crippen LogP contribution in [0, 0.1) is 13.8 Å². The molecule has 0 spiro atoms. The molecule has 3 rings (SSSR count). The number of anilines is 1. The lowest BCUT2D eigenvalue weighted by molar-refractivity contribution is -0.143. The summed E-state index contributed by atoms with van der Waals surface area (Å²) in [4.78, 5) is 12.8. The van der Waals surface area contributed by atoms with E-state index in [0.29, 0.717) is 10.2 Å². The van der Waals surface area contributed by atoms with E-state index in [1.807, 2.05) is 0 Å². The molecule has 0 radical (unpaired) electrons. The van der Waals surface area contributed by atoms with Crippen LogP contribution in [-0.2, 0) is 16.2 Å². The van der Waals surface area contributed by atoms with Gasteiger partial charge in [0.05, 0.1) is 22.3 Å². The summed E-state index contributed by atoms with van der Waals surface area (Å²) in [6.07, 6.45) is -4.02. The smallest absolute Gasteiger partial charge is 0.322 e. The Kier molecular flexibility index (Phi) is 7.18. The van der Waals surface area contributed by atoms with Gasteiger partial charge in [-0.1, -0.05) is 37.6 Å².